The molecule has 6 heteroatoms. The largest absolute Gasteiger partial charge is 0.494 e. The van der Waals surface area contributed by atoms with Gasteiger partial charge in [0.25, 0.3) is 5.91 Å². The van der Waals surface area contributed by atoms with Crippen LogP contribution >= 0.6 is 15.9 Å². The quantitative estimate of drug-likeness (QED) is 0.735. The number of amides is 1. The third kappa shape index (κ3) is 5.38. The molecule has 0 aliphatic carbocycles. The van der Waals surface area contributed by atoms with Crippen molar-refractivity contribution in [1.29, 1.82) is 0 Å². The molecule has 0 saturated carbocycles. The van der Waals surface area contributed by atoms with E-state index in [-0.39, 0.29) is 12.5 Å². The van der Waals surface area contributed by atoms with Gasteiger partial charge in [-0.1, -0.05) is 34.1 Å². The monoisotopic (exact) mass is 391 g/mol. The first kappa shape index (κ1) is 18.0. The molecule has 1 N–H and O–H groups in total. The highest BCUT2D eigenvalue weighted by Crippen LogP contribution is 2.15. The van der Waals surface area contributed by atoms with Crippen molar-refractivity contribution in [1.82, 2.24) is 5.32 Å². The van der Waals surface area contributed by atoms with Crippen molar-refractivity contribution in [2.24, 2.45) is 0 Å². The fourth-order valence-corrected chi connectivity index (χ4v) is 2.38. The van der Waals surface area contributed by atoms with Gasteiger partial charge in [0, 0.05) is 11.0 Å². The van der Waals surface area contributed by atoms with Crippen molar-refractivity contribution in [2.75, 3.05) is 13.2 Å². The number of carbonyl (C=O) groups is 2. The van der Waals surface area contributed by atoms with Crippen molar-refractivity contribution in [3.8, 4) is 5.75 Å². The molecule has 0 bridgehead atoms. The van der Waals surface area contributed by atoms with Crippen LogP contribution in [0.15, 0.2) is 53.0 Å². The van der Waals surface area contributed by atoms with Gasteiger partial charge in [0.15, 0.2) is 6.61 Å². The Morgan fingerprint density at radius 2 is 1.79 bits per heavy atom. The maximum absolute atomic E-state index is 11.9. The Morgan fingerprint density at radius 1 is 1.08 bits per heavy atom. The van der Waals surface area contributed by atoms with Gasteiger partial charge >= 0.3 is 5.97 Å². The van der Waals surface area contributed by atoms with Crippen LogP contribution in [0.2, 0.25) is 0 Å². The van der Waals surface area contributed by atoms with Gasteiger partial charge in [0.2, 0.25) is 0 Å². The molecule has 0 heterocycles. The van der Waals surface area contributed by atoms with Crippen molar-refractivity contribution >= 4 is 27.8 Å². The number of benzene rings is 2. The molecule has 0 unspecified atom stereocenters. The topological polar surface area (TPSA) is 64.6 Å². The van der Waals surface area contributed by atoms with Crippen LogP contribution in [0.1, 0.15) is 22.8 Å². The number of esters is 1. The summed E-state index contributed by atoms with van der Waals surface area (Å²) < 4.78 is 11.2. The second kappa shape index (κ2) is 9.08. The molecule has 2 aromatic rings. The van der Waals surface area contributed by atoms with Gasteiger partial charge < -0.3 is 14.8 Å². The molecule has 0 spiro atoms. The van der Waals surface area contributed by atoms with E-state index >= 15 is 0 Å². The Labute approximate surface area is 149 Å². The lowest BCUT2D eigenvalue weighted by molar-refractivity contribution is -0.124. The summed E-state index contributed by atoms with van der Waals surface area (Å²) >= 11 is 3.41. The van der Waals surface area contributed by atoms with Crippen LogP contribution in [0.5, 0.6) is 5.75 Å². The molecule has 1 amide bonds. The normalized spacial score (nSPS) is 10.1. The van der Waals surface area contributed by atoms with Crippen LogP contribution in [0.4, 0.5) is 0 Å². The zero-order chi connectivity index (χ0) is 17.4. The highest BCUT2D eigenvalue weighted by molar-refractivity contribution is 9.10. The maximum Gasteiger partial charge on any atom is 0.338 e. The Kier molecular flexibility index (Phi) is 6.81. The van der Waals surface area contributed by atoms with Gasteiger partial charge in [-0.2, -0.15) is 0 Å². The minimum atomic E-state index is -0.547. The third-order valence-electron chi connectivity index (χ3n) is 3.17. The van der Waals surface area contributed by atoms with Crippen molar-refractivity contribution < 1.29 is 19.1 Å². The summed E-state index contributed by atoms with van der Waals surface area (Å²) in [6.07, 6.45) is 0. The van der Waals surface area contributed by atoms with E-state index in [4.69, 9.17) is 9.47 Å². The molecule has 0 aromatic heterocycles. The molecule has 0 saturated heterocycles. The first-order chi connectivity index (χ1) is 11.6. The number of halogens is 1. The smallest absolute Gasteiger partial charge is 0.338 e. The fraction of sp³-hybridized carbons (Fsp3) is 0.222. The van der Waals surface area contributed by atoms with Crippen LogP contribution in [-0.4, -0.2) is 25.1 Å². The summed E-state index contributed by atoms with van der Waals surface area (Å²) in [7, 11) is 0. The number of carbonyl (C=O) groups excluding carboxylic acids is 2. The van der Waals surface area contributed by atoms with Gasteiger partial charge in [-0.15, -0.1) is 0 Å². The summed E-state index contributed by atoms with van der Waals surface area (Å²) in [5, 5.41) is 2.71. The fourth-order valence-electron chi connectivity index (χ4n) is 1.95. The van der Waals surface area contributed by atoms with E-state index in [0.717, 1.165) is 10.0 Å². The predicted octanol–water partition coefficient (Wildman–Crippen LogP) is 3.32. The average Bonchev–Trinajstić information content (AvgIpc) is 2.60. The van der Waals surface area contributed by atoms with Crippen molar-refractivity contribution in [3.63, 3.8) is 0 Å². The number of hydrogen-bond acceptors (Lipinski definition) is 4. The lowest BCUT2D eigenvalue weighted by Gasteiger charge is -2.08. The summed E-state index contributed by atoms with van der Waals surface area (Å²) in [6, 6.07) is 14.2. The standard InChI is InChI=1S/C18H18BrNO4/c1-2-23-15-9-7-13(8-10-15)18(22)24-12-17(21)20-11-14-5-3-4-6-16(14)19/h3-10H,2,11-12H2,1H3,(H,20,21). The van der Waals surface area contributed by atoms with Crippen LogP contribution in [0.3, 0.4) is 0 Å². The van der Waals surface area contributed by atoms with E-state index in [0.29, 0.717) is 24.5 Å². The number of nitrogens with one attached hydrogen (secondary N) is 1. The molecule has 0 aliphatic heterocycles. The van der Waals surface area contributed by atoms with Gasteiger partial charge in [0.1, 0.15) is 5.75 Å². The molecule has 126 valence electrons. The van der Waals surface area contributed by atoms with Crippen LogP contribution in [0, 0.1) is 0 Å². The van der Waals surface area contributed by atoms with Crippen molar-refractivity contribution in [2.45, 2.75) is 13.5 Å². The summed E-state index contributed by atoms with van der Waals surface area (Å²) in [4.78, 5) is 23.7. The van der Waals surface area contributed by atoms with Gasteiger partial charge in [-0.3, -0.25) is 4.79 Å². The van der Waals surface area contributed by atoms with Crippen LogP contribution in [0.25, 0.3) is 0 Å². The first-order valence-electron chi connectivity index (χ1n) is 7.50. The second-order valence-corrected chi connectivity index (χ2v) is 5.76. The van der Waals surface area contributed by atoms with E-state index in [9.17, 15) is 9.59 Å². The predicted molar refractivity (Wildman–Crippen MR) is 93.9 cm³/mol. The molecular formula is C18H18BrNO4. The zero-order valence-corrected chi connectivity index (χ0v) is 14.8. The van der Waals surface area contributed by atoms with Gasteiger partial charge in [0.05, 0.1) is 12.2 Å². The molecule has 0 radical (unpaired) electrons. The molecular weight excluding hydrogens is 374 g/mol. The van der Waals surface area contributed by atoms with E-state index in [1.807, 2.05) is 31.2 Å². The highest BCUT2D eigenvalue weighted by atomic mass is 79.9. The minimum Gasteiger partial charge on any atom is -0.494 e. The third-order valence-corrected chi connectivity index (χ3v) is 3.94. The number of hydrogen-bond donors (Lipinski definition) is 1. The Bertz CT molecular complexity index is 700. The Morgan fingerprint density at radius 3 is 2.46 bits per heavy atom. The van der Waals surface area contributed by atoms with Crippen molar-refractivity contribution in [3.05, 3.63) is 64.1 Å². The van der Waals surface area contributed by atoms with E-state index in [1.54, 1.807) is 24.3 Å². The average molecular weight is 392 g/mol. The maximum atomic E-state index is 11.9. The van der Waals surface area contributed by atoms with E-state index < -0.39 is 5.97 Å². The molecule has 2 rings (SSSR count). The molecule has 2 aromatic carbocycles. The first-order valence-corrected chi connectivity index (χ1v) is 8.29. The molecule has 0 atom stereocenters. The Balaban J connectivity index is 1.78. The van der Waals surface area contributed by atoms with Crippen LogP contribution < -0.4 is 10.1 Å². The highest BCUT2D eigenvalue weighted by Gasteiger charge is 2.10. The summed E-state index contributed by atoms with van der Waals surface area (Å²) in [6.45, 7) is 2.48. The lowest BCUT2D eigenvalue weighted by atomic mass is 10.2. The second-order valence-electron chi connectivity index (χ2n) is 4.90. The number of rotatable bonds is 7. The van der Waals surface area contributed by atoms with E-state index in [1.165, 1.54) is 0 Å². The summed E-state index contributed by atoms with van der Waals surface area (Å²) in [5.41, 5.74) is 1.32. The lowest BCUT2D eigenvalue weighted by Crippen LogP contribution is -2.28. The molecule has 0 fully saturated rings. The van der Waals surface area contributed by atoms with Gasteiger partial charge in [-0.25, -0.2) is 4.79 Å². The molecule has 24 heavy (non-hydrogen) atoms. The molecule has 5 nitrogen and oxygen atoms in total. The zero-order valence-electron chi connectivity index (χ0n) is 13.3. The SMILES string of the molecule is CCOc1ccc(C(=O)OCC(=O)NCc2ccccc2Br)cc1. The van der Waals surface area contributed by atoms with E-state index in [2.05, 4.69) is 21.2 Å². The summed E-state index contributed by atoms with van der Waals surface area (Å²) in [5.74, 6) is -0.223. The Hall–Kier alpha value is -2.34. The molecule has 0 aliphatic rings. The van der Waals surface area contributed by atoms with Crippen LogP contribution in [-0.2, 0) is 16.1 Å². The minimum absolute atomic E-state index is 0.323. The van der Waals surface area contributed by atoms with Gasteiger partial charge in [-0.05, 0) is 42.8 Å². The number of ether oxygens (including phenoxy) is 2.